The molecule has 0 rings (SSSR count). The van der Waals surface area contributed by atoms with Gasteiger partial charge in [-0.1, -0.05) is 0 Å². The molecule has 0 heterocycles. The third-order valence-corrected chi connectivity index (χ3v) is 0.728. The summed E-state index contributed by atoms with van der Waals surface area (Å²) in [5.41, 5.74) is 0. The number of aliphatic hydroxyl groups excluding tert-OH is 1. The van der Waals surface area contributed by atoms with Gasteiger partial charge in [0.2, 0.25) is 0 Å². The van der Waals surface area contributed by atoms with Crippen LogP contribution in [-0.2, 0) is 9.68 Å². The standard InChI is InChI=1S/C4H6F4O3/c5-3(11-8)4(6,7)10-2-1-9/h3,9H,1-2H2. The Hall–Kier alpha value is -0.400. The molecule has 1 N–H and O–H groups in total. The van der Waals surface area contributed by atoms with Gasteiger partial charge in [-0.05, 0) is 4.53 Å². The van der Waals surface area contributed by atoms with Gasteiger partial charge < -0.3 is 9.84 Å². The number of rotatable bonds is 5. The molecule has 0 radical (unpaired) electrons. The van der Waals surface area contributed by atoms with Crippen molar-refractivity contribution < 1.29 is 32.5 Å². The van der Waals surface area contributed by atoms with Crippen molar-refractivity contribution in [2.45, 2.75) is 12.5 Å². The average molecular weight is 178 g/mol. The SMILES string of the molecule is OCCOC(F)(F)C(F)OF. The highest BCUT2D eigenvalue weighted by Gasteiger charge is 2.43. The molecule has 7 heteroatoms. The monoisotopic (exact) mass is 178 g/mol. The molecule has 11 heavy (non-hydrogen) atoms. The normalized spacial score (nSPS) is 15.0. The van der Waals surface area contributed by atoms with Gasteiger partial charge in [0.05, 0.1) is 13.2 Å². The van der Waals surface area contributed by atoms with Crippen LogP contribution in [0.3, 0.4) is 0 Å². The smallest absolute Gasteiger partial charge is 0.394 e. The van der Waals surface area contributed by atoms with Crippen LogP contribution in [0, 0.1) is 0 Å². The molecule has 0 aliphatic carbocycles. The molecule has 3 nitrogen and oxygen atoms in total. The van der Waals surface area contributed by atoms with Crippen molar-refractivity contribution in [3.05, 3.63) is 0 Å². The number of ether oxygens (including phenoxy) is 1. The Kier molecular flexibility index (Phi) is 4.31. The number of halogens is 4. The Labute approximate surface area is 59.4 Å². The number of hydrogen-bond acceptors (Lipinski definition) is 3. The third-order valence-electron chi connectivity index (χ3n) is 0.728. The summed E-state index contributed by atoms with van der Waals surface area (Å²) in [4.78, 5) is 2.19. The molecule has 0 aliphatic heterocycles. The second-order valence-electron chi connectivity index (χ2n) is 1.54. The highest BCUT2D eigenvalue weighted by atomic mass is 19.3. The van der Waals surface area contributed by atoms with E-state index in [1.807, 2.05) is 0 Å². The van der Waals surface area contributed by atoms with E-state index < -0.39 is 25.7 Å². The zero-order valence-corrected chi connectivity index (χ0v) is 5.27. The van der Waals surface area contributed by atoms with E-state index >= 15 is 0 Å². The minimum absolute atomic E-state index is 0.714. The van der Waals surface area contributed by atoms with E-state index in [-0.39, 0.29) is 0 Å². The van der Waals surface area contributed by atoms with Crippen molar-refractivity contribution in [3.8, 4) is 0 Å². The lowest BCUT2D eigenvalue weighted by Crippen LogP contribution is -2.34. The highest BCUT2D eigenvalue weighted by Crippen LogP contribution is 2.23. The topological polar surface area (TPSA) is 38.7 Å². The van der Waals surface area contributed by atoms with E-state index in [0.29, 0.717) is 0 Å². The first-order valence-corrected chi connectivity index (χ1v) is 2.58. The molecule has 0 fully saturated rings. The molecule has 0 aliphatic rings. The molecule has 0 bridgehead atoms. The van der Waals surface area contributed by atoms with Crippen molar-refractivity contribution in [2.24, 2.45) is 0 Å². The number of aliphatic hydroxyl groups is 1. The van der Waals surface area contributed by atoms with Crippen LogP contribution in [-0.4, -0.2) is 30.8 Å². The highest BCUT2D eigenvalue weighted by molar-refractivity contribution is 4.54. The lowest BCUT2D eigenvalue weighted by Gasteiger charge is -2.16. The fourth-order valence-corrected chi connectivity index (χ4v) is 0.299. The van der Waals surface area contributed by atoms with Crippen LogP contribution in [0.15, 0.2) is 0 Å². The van der Waals surface area contributed by atoms with Crippen LogP contribution in [0.4, 0.5) is 17.7 Å². The molecule has 0 aromatic heterocycles. The molecular weight excluding hydrogens is 172 g/mol. The van der Waals surface area contributed by atoms with Crippen LogP contribution in [0.2, 0.25) is 0 Å². The van der Waals surface area contributed by atoms with Crippen molar-refractivity contribution in [1.82, 2.24) is 0 Å². The van der Waals surface area contributed by atoms with Gasteiger partial charge in [0.1, 0.15) is 0 Å². The molecule has 1 atom stereocenters. The molecule has 1 unspecified atom stereocenters. The van der Waals surface area contributed by atoms with Crippen LogP contribution >= 0.6 is 0 Å². The van der Waals surface area contributed by atoms with E-state index in [2.05, 4.69) is 9.68 Å². The van der Waals surface area contributed by atoms with Crippen LogP contribution in [0.25, 0.3) is 0 Å². The fourth-order valence-electron chi connectivity index (χ4n) is 0.299. The zero-order valence-electron chi connectivity index (χ0n) is 5.27. The second-order valence-corrected chi connectivity index (χ2v) is 1.54. The summed E-state index contributed by atoms with van der Waals surface area (Å²) in [7, 11) is 0. The molecule has 0 aromatic carbocycles. The first kappa shape index (κ1) is 10.6. The summed E-state index contributed by atoms with van der Waals surface area (Å²) in [5.74, 6) is 0. The fraction of sp³-hybridized carbons (Fsp3) is 1.00. The molecule has 0 saturated heterocycles. The Morgan fingerprint density at radius 1 is 1.45 bits per heavy atom. The van der Waals surface area contributed by atoms with Gasteiger partial charge in [0.15, 0.2) is 0 Å². The first-order valence-electron chi connectivity index (χ1n) is 2.58. The Morgan fingerprint density at radius 2 is 2.00 bits per heavy atom. The van der Waals surface area contributed by atoms with E-state index in [1.54, 1.807) is 0 Å². The molecule has 0 spiro atoms. The summed E-state index contributed by atoms with van der Waals surface area (Å²) < 4.78 is 49.8. The van der Waals surface area contributed by atoms with Crippen molar-refractivity contribution in [1.29, 1.82) is 0 Å². The predicted octanol–water partition coefficient (Wildman–Crippen LogP) is 0.785. The molecule has 0 amide bonds. The molecule has 0 saturated carbocycles. The minimum Gasteiger partial charge on any atom is -0.394 e. The van der Waals surface area contributed by atoms with Crippen molar-refractivity contribution in [3.63, 3.8) is 0 Å². The summed E-state index contributed by atoms with van der Waals surface area (Å²) in [6.07, 6.45) is -7.83. The summed E-state index contributed by atoms with van der Waals surface area (Å²) >= 11 is 0. The predicted molar refractivity (Wildman–Crippen MR) is 25.1 cm³/mol. The van der Waals surface area contributed by atoms with Crippen LogP contribution < -0.4 is 0 Å². The van der Waals surface area contributed by atoms with E-state index in [1.165, 1.54) is 0 Å². The van der Waals surface area contributed by atoms with Gasteiger partial charge in [0, 0.05) is 0 Å². The van der Waals surface area contributed by atoms with E-state index in [4.69, 9.17) is 5.11 Å². The minimum atomic E-state index is -4.36. The van der Waals surface area contributed by atoms with E-state index in [9.17, 15) is 17.7 Å². The maximum Gasteiger partial charge on any atom is 0.414 e. The van der Waals surface area contributed by atoms with Gasteiger partial charge in [0.25, 0.3) is 0 Å². The third kappa shape index (κ3) is 3.49. The van der Waals surface area contributed by atoms with Crippen LogP contribution in [0.1, 0.15) is 0 Å². The number of alkyl halides is 3. The van der Waals surface area contributed by atoms with Gasteiger partial charge in [-0.2, -0.15) is 8.78 Å². The maximum absolute atomic E-state index is 11.9. The lowest BCUT2D eigenvalue weighted by atomic mass is 10.6. The van der Waals surface area contributed by atoms with E-state index in [0.717, 1.165) is 0 Å². The van der Waals surface area contributed by atoms with Gasteiger partial charge in [-0.15, -0.1) is 4.94 Å². The van der Waals surface area contributed by atoms with Gasteiger partial charge >= 0.3 is 12.5 Å². The lowest BCUT2D eigenvalue weighted by molar-refractivity contribution is -0.378. The quantitative estimate of drug-likeness (QED) is 0.632. The maximum atomic E-state index is 11.9. The Bertz CT molecular complexity index is 110. The zero-order chi connectivity index (χ0) is 8.91. The Morgan fingerprint density at radius 3 is 2.36 bits per heavy atom. The first-order chi connectivity index (χ1) is 5.04. The van der Waals surface area contributed by atoms with Gasteiger partial charge in [-0.25, -0.2) is 4.39 Å². The van der Waals surface area contributed by atoms with Gasteiger partial charge in [-0.3, -0.25) is 0 Å². The van der Waals surface area contributed by atoms with Crippen molar-refractivity contribution in [2.75, 3.05) is 13.2 Å². The van der Waals surface area contributed by atoms with Crippen molar-refractivity contribution >= 4 is 0 Å². The largest absolute Gasteiger partial charge is 0.414 e. The summed E-state index contributed by atoms with van der Waals surface area (Å²) in [6, 6.07) is 0. The summed E-state index contributed by atoms with van der Waals surface area (Å²) in [5, 5.41) is 7.97. The molecule has 0 aromatic rings. The van der Waals surface area contributed by atoms with Crippen LogP contribution in [0.5, 0.6) is 0 Å². The Balaban J connectivity index is 3.77. The average Bonchev–Trinajstić information content (AvgIpc) is 1.99. The molecular formula is C4H6F4O3. The summed E-state index contributed by atoms with van der Waals surface area (Å²) in [6.45, 7) is -1.51. The molecule has 68 valence electrons. The number of hydrogen-bond donors (Lipinski definition) is 1. The second kappa shape index (κ2) is 4.47.